The summed E-state index contributed by atoms with van der Waals surface area (Å²) in [4.78, 5) is 4.12. The zero-order chi connectivity index (χ0) is 8.23. The Kier molecular flexibility index (Phi) is 2.44. The molecule has 0 bridgehead atoms. The average Bonchev–Trinajstić information content (AvgIpc) is 2.59. The van der Waals surface area contributed by atoms with Crippen molar-refractivity contribution in [3.8, 4) is 0 Å². The molecule has 0 fully saturated rings. The third kappa shape index (κ3) is 1.87. The zero-order valence-corrected chi connectivity index (χ0v) is 7.50. The van der Waals surface area contributed by atoms with Crippen molar-refractivity contribution >= 4 is 17.5 Å². The molecular formula is C9H10N2S. The van der Waals surface area contributed by atoms with E-state index in [4.69, 9.17) is 0 Å². The molecule has 1 heterocycles. The van der Waals surface area contributed by atoms with Crippen LogP contribution in [-0.2, 0) is 6.54 Å². The van der Waals surface area contributed by atoms with E-state index in [1.807, 2.05) is 11.6 Å². The third-order valence-electron chi connectivity index (χ3n) is 1.71. The molecule has 0 aliphatic carbocycles. The smallest absolute Gasteiger partial charge is 0.102 e. The Bertz CT molecular complexity index is 263. The number of aliphatic imine (C=N–C) groups is 1. The molecule has 0 amide bonds. The van der Waals surface area contributed by atoms with Gasteiger partial charge in [-0.1, -0.05) is 30.3 Å². The van der Waals surface area contributed by atoms with Crippen LogP contribution in [0, 0.1) is 0 Å². The summed E-state index contributed by atoms with van der Waals surface area (Å²) in [7, 11) is 0. The highest BCUT2D eigenvalue weighted by molar-refractivity contribution is 8.10. The van der Waals surface area contributed by atoms with E-state index in [0.717, 1.165) is 13.2 Å². The Labute approximate surface area is 76.4 Å². The first kappa shape index (κ1) is 7.83. The van der Waals surface area contributed by atoms with Gasteiger partial charge in [0.1, 0.15) is 6.67 Å². The van der Waals surface area contributed by atoms with Crippen molar-refractivity contribution in [2.75, 3.05) is 6.67 Å². The Morgan fingerprint density at radius 2 is 2.17 bits per heavy atom. The van der Waals surface area contributed by atoms with Gasteiger partial charge in [0.05, 0.1) is 5.55 Å². The van der Waals surface area contributed by atoms with Gasteiger partial charge in [0.25, 0.3) is 0 Å². The van der Waals surface area contributed by atoms with Crippen LogP contribution in [0.2, 0.25) is 0 Å². The maximum absolute atomic E-state index is 4.12. The maximum Gasteiger partial charge on any atom is 0.102 e. The second kappa shape index (κ2) is 3.74. The predicted molar refractivity (Wildman–Crippen MR) is 52.9 cm³/mol. The second-order valence-corrected chi connectivity index (χ2v) is 3.60. The molecule has 1 aromatic carbocycles. The fraction of sp³-hybridized carbons (Fsp3) is 0.222. The largest absolute Gasteiger partial charge is 0.269 e. The SMILES string of the molecule is C1=NCN(Cc2ccccc2)S1. The third-order valence-corrected chi connectivity index (χ3v) is 2.50. The van der Waals surface area contributed by atoms with Crippen LogP contribution >= 0.6 is 11.9 Å². The summed E-state index contributed by atoms with van der Waals surface area (Å²) < 4.78 is 2.22. The molecule has 2 rings (SSSR count). The molecule has 3 heteroatoms. The molecule has 0 spiro atoms. The van der Waals surface area contributed by atoms with E-state index in [2.05, 4.69) is 33.6 Å². The normalized spacial score (nSPS) is 17.0. The van der Waals surface area contributed by atoms with Gasteiger partial charge in [0, 0.05) is 6.54 Å². The quantitative estimate of drug-likeness (QED) is 0.645. The number of hydrogen-bond donors (Lipinski definition) is 0. The fourth-order valence-corrected chi connectivity index (χ4v) is 1.76. The lowest BCUT2D eigenvalue weighted by Gasteiger charge is -2.10. The Balaban J connectivity index is 1.95. The van der Waals surface area contributed by atoms with Gasteiger partial charge in [-0.15, -0.1) is 0 Å². The molecule has 1 aromatic rings. The number of nitrogens with zero attached hydrogens (tertiary/aromatic N) is 2. The maximum atomic E-state index is 4.12. The topological polar surface area (TPSA) is 15.6 Å². The molecule has 12 heavy (non-hydrogen) atoms. The van der Waals surface area contributed by atoms with Crippen molar-refractivity contribution < 1.29 is 0 Å². The summed E-state index contributed by atoms with van der Waals surface area (Å²) in [5.74, 6) is 0. The van der Waals surface area contributed by atoms with Gasteiger partial charge < -0.3 is 0 Å². The van der Waals surface area contributed by atoms with E-state index in [9.17, 15) is 0 Å². The molecule has 0 atom stereocenters. The number of rotatable bonds is 2. The van der Waals surface area contributed by atoms with E-state index in [1.165, 1.54) is 5.56 Å². The first-order chi connectivity index (χ1) is 5.95. The summed E-state index contributed by atoms with van der Waals surface area (Å²) in [5.41, 5.74) is 3.23. The summed E-state index contributed by atoms with van der Waals surface area (Å²) in [6.45, 7) is 1.80. The van der Waals surface area contributed by atoms with Crippen LogP contribution < -0.4 is 0 Å². The summed E-state index contributed by atoms with van der Waals surface area (Å²) in [6.07, 6.45) is 0. The summed E-state index contributed by atoms with van der Waals surface area (Å²) in [6, 6.07) is 10.4. The van der Waals surface area contributed by atoms with Crippen molar-refractivity contribution in [1.29, 1.82) is 0 Å². The first-order valence-electron chi connectivity index (χ1n) is 3.89. The van der Waals surface area contributed by atoms with Crippen molar-refractivity contribution in [3.63, 3.8) is 0 Å². The van der Waals surface area contributed by atoms with Gasteiger partial charge >= 0.3 is 0 Å². The molecule has 2 nitrogen and oxygen atoms in total. The van der Waals surface area contributed by atoms with E-state index in [1.54, 1.807) is 11.9 Å². The van der Waals surface area contributed by atoms with E-state index in [-0.39, 0.29) is 0 Å². The van der Waals surface area contributed by atoms with Crippen molar-refractivity contribution in [2.24, 2.45) is 4.99 Å². The second-order valence-electron chi connectivity index (χ2n) is 2.66. The molecule has 0 saturated carbocycles. The van der Waals surface area contributed by atoms with E-state index < -0.39 is 0 Å². The van der Waals surface area contributed by atoms with Gasteiger partial charge in [0.15, 0.2) is 0 Å². The lowest BCUT2D eigenvalue weighted by molar-refractivity contribution is 0.496. The molecule has 0 aromatic heterocycles. The lowest BCUT2D eigenvalue weighted by Crippen LogP contribution is -2.10. The van der Waals surface area contributed by atoms with E-state index in [0.29, 0.717) is 0 Å². The minimum atomic E-state index is 0.819. The molecule has 0 unspecified atom stereocenters. The summed E-state index contributed by atoms with van der Waals surface area (Å²) >= 11 is 1.68. The Hall–Kier alpha value is -0.800. The highest BCUT2D eigenvalue weighted by Gasteiger charge is 2.07. The van der Waals surface area contributed by atoms with Crippen LogP contribution in [-0.4, -0.2) is 16.5 Å². The highest BCUT2D eigenvalue weighted by atomic mass is 32.2. The van der Waals surface area contributed by atoms with Crippen LogP contribution in [0.5, 0.6) is 0 Å². The Morgan fingerprint density at radius 3 is 2.83 bits per heavy atom. The van der Waals surface area contributed by atoms with Crippen LogP contribution in [0.3, 0.4) is 0 Å². The van der Waals surface area contributed by atoms with Crippen LogP contribution in [0.25, 0.3) is 0 Å². The van der Waals surface area contributed by atoms with Gasteiger partial charge in [-0.25, -0.2) is 4.31 Å². The number of benzene rings is 1. The first-order valence-corrected chi connectivity index (χ1v) is 4.73. The van der Waals surface area contributed by atoms with Crippen molar-refractivity contribution in [2.45, 2.75) is 6.54 Å². The van der Waals surface area contributed by atoms with Crippen LogP contribution in [0.15, 0.2) is 35.3 Å². The number of hydrogen-bond acceptors (Lipinski definition) is 3. The van der Waals surface area contributed by atoms with Gasteiger partial charge in [-0.2, -0.15) is 0 Å². The van der Waals surface area contributed by atoms with Crippen LogP contribution in [0.1, 0.15) is 5.56 Å². The molecule has 0 radical (unpaired) electrons. The predicted octanol–water partition coefficient (Wildman–Crippen LogP) is 2.14. The van der Waals surface area contributed by atoms with Crippen LogP contribution in [0.4, 0.5) is 0 Å². The molecule has 0 N–H and O–H groups in total. The monoisotopic (exact) mass is 178 g/mol. The Morgan fingerprint density at radius 1 is 1.33 bits per heavy atom. The van der Waals surface area contributed by atoms with Crippen molar-refractivity contribution in [3.05, 3.63) is 35.9 Å². The van der Waals surface area contributed by atoms with Crippen molar-refractivity contribution in [1.82, 2.24) is 4.31 Å². The summed E-state index contributed by atoms with van der Waals surface area (Å²) in [5, 5.41) is 0. The minimum absolute atomic E-state index is 0.819. The van der Waals surface area contributed by atoms with E-state index >= 15 is 0 Å². The highest BCUT2D eigenvalue weighted by Crippen LogP contribution is 2.16. The lowest BCUT2D eigenvalue weighted by atomic mass is 10.2. The molecular weight excluding hydrogens is 168 g/mol. The fourth-order valence-electron chi connectivity index (χ4n) is 1.13. The van der Waals surface area contributed by atoms with Gasteiger partial charge in [0.2, 0.25) is 0 Å². The average molecular weight is 178 g/mol. The molecule has 1 aliphatic rings. The molecule has 0 saturated heterocycles. The zero-order valence-electron chi connectivity index (χ0n) is 6.68. The molecule has 62 valence electrons. The molecule has 1 aliphatic heterocycles. The standard InChI is InChI=1S/C9H10N2S/c1-2-4-9(5-3-1)6-11-7-10-8-12-11/h1-5,8H,6-7H2. The van der Waals surface area contributed by atoms with Gasteiger partial charge in [-0.05, 0) is 17.5 Å². The minimum Gasteiger partial charge on any atom is -0.269 e. The van der Waals surface area contributed by atoms with Gasteiger partial charge in [-0.3, -0.25) is 4.99 Å².